The van der Waals surface area contributed by atoms with E-state index in [2.05, 4.69) is 11.9 Å². The standard InChI is InChI=1S/C16H26N2O4/c1-6-8-13(14(20)22-5)18-10-9-16(15(18)21,11(3)7-2)17-12(4)19/h6,11,13H,1,7-10H2,2-5H3,(H,17,19)/t11-,13-,16-/m0/s1. The molecule has 124 valence electrons. The minimum atomic E-state index is -0.936. The Labute approximate surface area is 131 Å². The van der Waals surface area contributed by atoms with Gasteiger partial charge in [0.25, 0.3) is 0 Å². The fourth-order valence-corrected chi connectivity index (χ4v) is 3.06. The van der Waals surface area contributed by atoms with E-state index in [1.807, 2.05) is 13.8 Å². The second-order valence-electron chi connectivity index (χ2n) is 5.77. The lowest BCUT2D eigenvalue weighted by Crippen LogP contribution is -2.59. The zero-order chi connectivity index (χ0) is 16.9. The van der Waals surface area contributed by atoms with Crippen LogP contribution < -0.4 is 5.32 Å². The molecule has 0 aromatic rings. The Kier molecular flexibility index (Phi) is 6.14. The molecule has 2 amide bonds. The van der Waals surface area contributed by atoms with E-state index >= 15 is 0 Å². The van der Waals surface area contributed by atoms with Gasteiger partial charge in [0.05, 0.1) is 7.11 Å². The predicted molar refractivity (Wildman–Crippen MR) is 83.0 cm³/mol. The quantitative estimate of drug-likeness (QED) is 0.567. The molecule has 0 bridgehead atoms. The Bertz CT molecular complexity index is 463. The van der Waals surface area contributed by atoms with Gasteiger partial charge in [0, 0.05) is 13.5 Å². The van der Waals surface area contributed by atoms with E-state index in [4.69, 9.17) is 4.74 Å². The van der Waals surface area contributed by atoms with Crippen LogP contribution in [0.2, 0.25) is 0 Å². The third kappa shape index (κ3) is 3.31. The minimum Gasteiger partial charge on any atom is -0.467 e. The zero-order valence-corrected chi connectivity index (χ0v) is 13.8. The second-order valence-corrected chi connectivity index (χ2v) is 5.77. The van der Waals surface area contributed by atoms with Crippen molar-refractivity contribution in [3.05, 3.63) is 12.7 Å². The monoisotopic (exact) mass is 310 g/mol. The first-order chi connectivity index (χ1) is 10.3. The highest BCUT2D eigenvalue weighted by Gasteiger charge is 2.52. The molecule has 1 aliphatic rings. The molecular weight excluding hydrogens is 284 g/mol. The van der Waals surface area contributed by atoms with Crippen molar-refractivity contribution in [3.8, 4) is 0 Å². The van der Waals surface area contributed by atoms with Gasteiger partial charge >= 0.3 is 5.97 Å². The summed E-state index contributed by atoms with van der Waals surface area (Å²) in [5, 5.41) is 2.83. The van der Waals surface area contributed by atoms with Gasteiger partial charge in [-0.1, -0.05) is 26.3 Å². The van der Waals surface area contributed by atoms with Gasteiger partial charge in [-0.15, -0.1) is 6.58 Å². The minimum absolute atomic E-state index is 0.0177. The number of hydrogen-bond donors (Lipinski definition) is 1. The van der Waals surface area contributed by atoms with Crippen molar-refractivity contribution in [3.63, 3.8) is 0 Å². The number of ether oxygens (including phenoxy) is 1. The van der Waals surface area contributed by atoms with Gasteiger partial charge in [-0.3, -0.25) is 9.59 Å². The maximum Gasteiger partial charge on any atom is 0.328 e. The molecule has 0 aromatic carbocycles. The maximum atomic E-state index is 13.0. The highest BCUT2D eigenvalue weighted by molar-refractivity contribution is 5.95. The Morgan fingerprint density at radius 2 is 2.18 bits per heavy atom. The summed E-state index contributed by atoms with van der Waals surface area (Å²) in [5.41, 5.74) is -0.936. The molecule has 0 aromatic heterocycles. The molecule has 0 saturated carbocycles. The Hall–Kier alpha value is -1.85. The van der Waals surface area contributed by atoms with Crippen LogP contribution in [0.1, 0.15) is 40.0 Å². The SMILES string of the molecule is C=CC[C@@H](C(=O)OC)N1CC[C@](NC(C)=O)([C@@H](C)CC)C1=O. The normalized spacial score (nSPS) is 23.8. The molecule has 1 aliphatic heterocycles. The number of nitrogens with zero attached hydrogens (tertiary/aromatic N) is 1. The summed E-state index contributed by atoms with van der Waals surface area (Å²) in [6.45, 7) is 9.37. The van der Waals surface area contributed by atoms with Gasteiger partial charge < -0.3 is 15.0 Å². The number of carbonyl (C=O) groups is 3. The molecule has 1 heterocycles. The van der Waals surface area contributed by atoms with Crippen LogP contribution in [0.15, 0.2) is 12.7 Å². The molecule has 6 heteroatoms. The van der Waals surface area contributed by atoms with E-state index < -0.39 is 17.6 Å². The molecule has 1 rings (SSSR count). The number of carbonyl (C=O) groups excluding carboxylic acids is 3. The van der Waals surface area contributed by atoms with Crippen molar-refractivity contribution in [1.29, 1.82) is 0 Å². The summed E-state index contributed by atoms with van der Waals surface area (Å²) < 4.78 is 4.79. The summed E-state index contributed by atoms with van der Waals surface area (Å²) in [6.07, 6.45) is 3.17. The first-order valence-electron chi connectivity index (χ1n) is 7.62. The molecule has 0 spiro atoms. The summed E-state index contributed by atoms with van der Waals surface area (Å²) in [7, 11) is 1.30. The van der Waals surface area contributed by atoms with Gasteiger partial charge in [0.15, 0.2) is 0 Å². The lowest BCUT2D eigenvalue weighted by Gasteiger charge is -2.35. The number of amides is 2. The molecule has 1 saturated heterocycles. The van der Waals surface area contributed by atoms with E-state index in [9.17, 15) is 14.4 Å². The van der Waals surface area contributed by atoms with Crippen LogP contribution in [-0.2, 0) is 19.1 Å². The van der Waals surface area contributed by atoms with Gasteiger partial charge in [0.2, 0.25) is 11.8 Å². The van der Waals surface area contributed by atoms with Crippen LogP contribution >= 0.6 is 0 Å². The van der Waals surface area contributed by atoms with Gasteiger partial charge in [-0.2, -0.15) is 0 Å². The Morgan fingerprint density at radius 1 is 1.55 bits per heavy atom. The molecular formula is C16H26N2O4. The first-order valence-corrected chi connectivity index (χ1v) is 7.62. The second kappa shape index (κ2) is 7.42. The Balaban J connectivity index is 3.12. The van der Waals surface area contributed by atoms with E-state index in [0.29, 0.717) is 19.4 Å². The van der Waals surface area contributed by atoms with Crippen molar-refractivity contribution in [1.82, 2.24) is 10.2 Å². The van der Waals surface area contributed by atoms with Crippen molar-refractivity contribution in [2.24, 2.45) is 5.92 Å². The number of hydrogen-bond acceptors (Lipinski definition) is 4. The number of likely N-dealkylation sites (tertiary alicyclic amines) is 1. The molecule has 0 aliphatic carbocycles. The van der Waals surface area contributed by atoms with Crippen molar-refractivity contribution in [2.45, 2.75) is 51.6 Å². The zero-order valence-electron chi connectivity index (χ0n) is 13.8. The van der Waals surface area contributed by atoms with Crippen LogP contribution in [0.5, 0.6) is 0 Å². The van der Waals surface area contributed by atoms with Crippen LogP contribution in [0.25, 0.3) is 0 Å². The summed E-state index contributed by atoms with van der Waals surface area (Å²) in [5.74, 6) is -0.935. The lowest BCUT2D eigenvalue weighted by molar-refractivity contribution is -0.153. The first kappa shape index (κ1) is 18.2. The molecule has 1 N–H and O–H groups in total. The molecule has 1 fully saturated rings. The average Bonchev–Trinajstić information content (AvgIpc) is 2.80. The fraction of sp³-hybridized carbons (Fsp3) is 0.688. The highest BCUT2D eigenvalue weighted by atomic mass is 16.5. The smallest absolute Gasteiger partial charge is 0.328 e. The third-order valence-corrected chi connectivity index (χ3v) is 4.48. The molecule has 0 radical (unpaired) electrons. The van der Waals surface area contributed by atoms with Crippen molar-refractivity contribution in [2.75, 3.05) is 13.7 Å². The lowest BCUT2D eigenvalue weighted by atomic mass is 9.81. The van der Waals surface area contributed by atoms with E-state index in [-0.39, 0.29) is 17.7 Å². The van der Waals surface area contributed by atoms with E-state index in [1.54, 1.807) is 6.08 Å². The van der Waals surface area contributed by atoms with Gasteiger partial charge in [-0.25, -0.2) is 4.79 Å². The number of nitrogens with one attached hydrogen (secondary N) is 1. The molecule has 22 heavy (non-hydrogen) atoms. The van der Waals surface area contributed by atoms with Crippen LogP contribution in [0, 0.1) is 5.92 Å². The third-order valence-electron chi connectivity index (χ3n) is 4.48. The summed E-state index contributed by atoms with van der Waals surface area (Å²) >= 11 is 0. The number of esters is 1. The van der Waals surface area contributed by atoms with Crippen LogP contribution in [-0.4, -0.2) is 47.9 Å². The molecule has 6 nitrogen and oxygen atoms in total. The largest absolute Gasteiger partial charge is 0.467 e. The fourth-order valence-electron chi connectivity index (χ4n) is 3.06. The van der Waals surface area contributed by atoms with Gasteiger partial charge in [0.1, 0.15) is 11.6 Å². The average molecular weight is 310 g/mol. The molecule has 0 unspecified atom stereocenters. The summed E-state index contributed by atoms with van der Waals surface area (Å²) in [4.78, 5) is 38.0. The Morgan fingerprint density at radius 3 is 2.64 bits per heavy atom. The van der Waals surface area contributed by atoms with Gasteiger partial charge in [-0.05, 0) is 18.8 Å². The van der Waals surface area contributed by atoms with Crippen molar-refractivity contribution >= 4 is 17.8 Å². The van der Waals surface area contributed by atoms with E-state index in [1.165, 1.54) is 18.9 Å². The highest BCUT2D eigenvalue weighted by Crippen LogP contribution is 2.34. The van der Waals surface area contributed by atoms with E-state index in [0.717, 1.165) is 6.42 Å². The number of methoxy groups -OCH3 is 1. The van der Waals surface area contributed by atoms with Crippen molar-refractivity contribution < 1.29 is 19.1 Å². The maximum absolute atomic E-state index is 13.0. The molecule has 3 atom stereocenters. The predicted octanol–water partition coefficient (Wildman–Crippen LogP) is 1.26. The number of rotatable bonds is 7. The topological polar surface area (TPSA) is 75.7 Å². The van der Waals surface area contributed by atoms with Crippen LogP contribution in [0.4, 0.5) is 0 Å². The summed E-state index contributed by atoms with van der Waals surface area (Å²) in [6, 6.07) is -0.685. The van der Waals surface area contributed by atoms with Crippen LogP contribution in [0.3, 0.4) is 0 Å².